The maximum Gasteiger partial charge on any atom is 0.0317 e. The van der Waals surface area contributed by atoms with Crippen LogP contribution in [0.3, 0.4) is 0 Å². The molecule has 2 unspecified atom stereocenters. The van der Waals surface area contributed by atoms with Crippen LogP contribution in [0.2, 0.25) is 0 Å². The Hall–Kier alpha value is -0.680. The van der Waals surface area contributed by atoms with Crippen LogP contribution in [-0.2, 0) is 0 Å². The van der Waals surface area contributed by atoms with Crippen molar-refractivity contribution in [2.24, 2.45) is 17.3 Å². The Balaban J connectivity index is 4.60. The molecule has 0 aliphatic rings. The molecule has 0 aromatic rings. The van der Waals surface area contributed by atoms with Gasteiger partial charge in [0, 0.05) is 18.5 Å². The van der Waals surface area contributed by atoms with Crippen molar-refractivity contribution in [3.8, 4) is 12.0 Å². The van der Waals surface area contributed by atoms with Crippen molar-refractivity contribution in [3.05, 3.63) is 0 Å². The fraction of sp³-hybridized carbons (Fsp3) is 0.857. The van der Waals surface area contributed by atoms with E-state index in [4.69, 9.17) is 0 Å². The Morgan fingerprint density at radius 2 is 1.88 bits per heavy atom. The third-order valence-corrected chi connectivity index (χ3v) is 3.36. The fourth-order valence-corrected chi connectivity index (χ4v) is 1.86. The topological polar surface area (TPSA) is 24.1 Å². The quantitative estimate of drug-likeness (QED) is 0.535. The first-order chi connectivity index (χ1) is 7.47. The molecule has 2 atom stereocenters. The highest BCUT2D eigenvalue weighted by Crippen LogP contribution is 2.31. The Bertz CT molecular complexity index is 235. The molecule has 0 bridgehead atoms. The largest absolute Gasteiger partial charge is 0.349 e. The maximum atomic E-state index is 3.32. The third-order valence-electron chi connectivity index (χ3n) is 3.36. The van der Waals surface area contributed by atoms with Crippen LogP contribution in [0.15, 0.2) is 0 Å². The van der Waals surface area contributed by atoms with Crippen molar-refractivity contribution in [1.82, 2.24) is 10.6 Å². The number of nitrogens with one attached hydrogen (secondary N) is 2. The van der Waals surface area contributed by atoms with Crippen LogP contribution < -0.4 is 10.6 Å². The SMILES string of the molecule is CCC(C)CC(CNC)C(C)(C)C#CNC. The Labute approximate surface area is 102 Å². The van der Waals surface area contributed by atoms with Crippen molar-refractivity contribution in [2.45, 2.75) is 40.5 Å². The second-order valence-corrected chi connectivity index (χ2v) is 5.23. The summed E-state index contributed by atoms with van der Waals surface area (Å²) in [6, 6.07) is 2.99. The van der Waals surface area contributed by atoms with Crippen LogP contribution in [-0.4, -0.2) is 20.6 Å². The molecule has 94 valence electrons. The van der Waals surface area contributed by atoms with E-state index in [1.54, 1.807) is 0 Å². The van der Waals surface area contributed by atoms with E-state index in [9.17, 15) is 0 Å². The zero-order chi connectivity index (χ0) is 12.6. The van der Waals surface area contributed by atoms with Gasteiger partial charge in [0.25, 0.3) is 0 Å². The summed E-state index contributed by atoms with van der Waals surface area (Å²) in [5, 5.41) is 6.20. The first kappa shape index (κ1) is 15.3. The molecular weight excluding hydrogens is 196 g/mol. The minimum absolute atomic E-state index is 0.0649. The molecule has 2 nitrogen and oxygen atoms in total. The van der Waals surface area contributed by atoms with E-state index in [1.165, 1.54) is 12.8 Å². The molecule has 0 spiro atoms. The first-order valence-corrected chi connectivity index (χ1v) is 6.31. The second kappa shape index (κ2) is 7.57. The van der Waals surface area contributed by atoms with E-state index >= 15 is 0 Å². The molecule has 0 saturated carbocycles. The van der Waals surface area contributed by atoms with E-state index in [0.29, 0.717) is 5.92 Å². The molecule has 0 heterocycles. The van der Waals surface area contributed by atoms with Crippen molar-refractivity contribution >= 4 is 0 Å². The molecule has 0 saturated heterocycles. The lowest BCUT2D eigenvalue weighted by Crippen LogP contribution is -2.32. The zero-order valence-corrected chi connectivity index (χ0v) is 11.8. The normalized spacial score (nSPS) is 14.9. The summed E-state index contributed by atoms with van der Waals surface area (Å²) in [7, 11) is 3.88. The summed E-state index contributed by atoms with van der Waals surface area (Å²) in [6.07, 6.45) is 2.48. The zero-order valence-electron chi connectivity index (χ0n) is 11.8. The van der Waals surface area contributed by atoms with Gasteiger partial charge in [0.2, 0.25) is 0 Å². The smallest absolute Gasteiger partial charge is 0.0317 e. The number of rotatable bonds is 6. The van der Waals surface area contributed by atoms with E-state index in [0.717, 1.165) is 12.5 Å². The van der Waals surface area contributed by atoms with Crippen LogP contribution in [0, 0.1) is 29.2 Å². The lowest BCUT2D eigenvalue weighted by molar-refractivity contribution is 0.237. The van der Waals surface area contributed by atoms with Gasteiger partial charge in [0.1, 0.15) is 0 Å². The van der Waals surface area contributed by atoms with Crippen molar-refractivity contribution < 1.29 is 0 Å². The third kappa shape index (κ3) is 5.42. The van der Waals surface area contributed by atoms with Gasteiger partial charge in [0.15, 0.2) is 0 Å². The summed E-state index contributed by atoms with van der Waals surface area (Å²) in [4.78, 5) is 0. The Kier molecular flexibility index (Phi) is 7.25. The average molecular weight is 224 g/mol. The van der Waals surface area contributed by atoms with E-state index in [-0.39, 0.29) is 5.41 Å². The lowest BCUT2D eigenvalue weighted by Gasteiger charge is -2.31. The van der Waals surface area contributed by atoms with Gasteiger partial charge in [-0.25, -0.2) is 0 Å². The standard InChI is InChI=1S/C14H28N2/c1-7-12(2)10-13(11-16-6)14(3,4)8-9-15-5/h12-13,15-16H,7,10-11H2,1-6H3. The minimum Gasteiger partial charge on any atom is -0.349 e. The van der Waals surface area contributed by atoms with Crippen LogP contribution >= 0.6 is 0 Å². The molecule has 0 aliphatic heterocycles. The summed E-state index contributed by atoms with van der Waals surface area (Å²) in [5.41, 5.74) is 0.0649. The Morgan fingerprint density at radius 3 is 2.31 bits per heavy atom. The molecule has 0 amide bonds. The van der Waals surface area contributed by atoms with Gasteiger partial charge < -0.3 is 10.6 Å². The second-order valence-electron chi connectivity index (χ2n) is 5.23. The molecular formula is C14H28N2. The molecule has 0 aliphatic carbocycles. The van der Waals surface area contributed by atoms with Crippen LogP contribution in [0.1, 0.15) is 40.5 Å². The lowest BCUT2D eigenvalue weighted by atomic mass is 9.74. The summed E-state index contributed by atoms with van der Waals surface area (Å²) in [6.45, 7) is 10.1. The average Bonchev–Trinajstić information content (AvgIpc) is 2.25. The van der Waals surface area contributed by atoms with E-state index < -0.39 is 0 Å². The summed E-state index contributed by atoms with van der Waals surface area (Å²) >= 11 is 0. The van der Waals surface area contributed by atoms with Crippen LogP contribution in [0.25, 0.3) is 0 Å². The monoisotopic (exact) mass is 224 g/mol. The molecule has 2 N–H and O–H groups in total. The molecule has 0 fully saturated rings. The highest BCUT2D eigenvalue weighted by molar-refractivity contribution is 5.09. The molecule has 0 aromatic heterocycles. The van der Waals surface area contributed by atoms with Gasteiger partial charge >= 0.3 is 0 Å². The van der Waals surface area contributed by atoms with E-state index in [1.807, 2.05) is 14.1 Å². The molecule has 2 heteroatoms. The van der Waals surface area contributed by atoms with Crippen molar-refractivity contribution in [2.75, 3.05) is 20.6 Å². The Morgan fingerprint density at radius 1 is 1.25 bits per heavy atom. The van der Waals surface area contributed by atoms with Crippen LogP contribution in [0.4, 0.5) is 0 Å². The molecule has 0 aromatic carbocycles. The van der Waals surface area contributed by atoms with Crippen molar-refractivity contribution in [3.63, 3.8) is 0 Å². The van der Waals surface area contributed by atoms with Gasteiger partial charge in [0.05, 0.1) is 0 Å². The summed E-state index contributed by atoms with van der Waals surface area (Å²) in [5.74, 6) is 4.70. The van der Waals surface area contributed by atoms with Gasteiger partial charge in [-0.05, 0) is 45.7 Å². The predicted octanol–water partition coefficient (Wildman–Crippen LogP) is 2.46. The molecule has 0 radical (unpaired) electrons. The minimum atomic E-state index is 0.0649. The van der Waals surface area contributed by atoms with Gasteiger partial charge in [-0.3, -0.25) is 0 Å². The highest BCUT2D eigenvalue weighted by atomic mass is 14.8. The van der Waals surface area contributed by atoms with Crippen LogP contribution in [0.5, 0.6) is 0 Å². The van der Waals surface area contributed by atoms with Crippen molar-refractivity contribution in [1.29, 1.82) is 0 Å². The van der Waals surface area contributed by atoms with Gasteiger partial charge in [-0.1, -0.05) is 26.2 Å². The predicted molar refractivity (Wildman–Crippen MR) is 72.1 cm³/mol. The van der Waals surface area contributed by atoms with E-state index in [2.05, 4.69) is 50.3 Å². The first-order valence-electron chi connectivity index (χ1n) is 6.31. The van der Waals surface area contributed by atoms with Gasteiger partial charge in [-0.2, -0.15) is 0 Å². The highest BCUT2D eigenvalue weighted by Gasteiger charge is 2.28. The number of hydrogen-bond acceptors (Lipinski definition) is 2. The fourth-order valence-electron chi connectivity index (χ4n) is 1.86. The molecule has 0 rings (SSSR count). The van der Waals surface area contributed by atoms with Gasteiger partial charge in [-0.15, -0.1) is 0 Å². The molecule has 16 heavy (non-hydrogen) atoms. The maximum absolute atomic E-state index is 3.32. The summed E-state index contributed by atoms with van der Waals surface area (Å²) < 4.78 is 0. The number of hydrogen-bond donors (Lipinski definition) is 2.